The molecule has 1 aliphatic rings. The Labute approximate surface area is 188 Å². The van der Waals surface area contributed by atoms with E-state index in [4.69, 9.17) is 9.47 Å². The highest BCUT2D eigenvalue weighted by molar-refractivity contribution is 5.80. The number of carboxylic acids is 1. The summed E-state index contributed by atoms with van der Waals surface area (Å²) in [5, 5.41) is 11.7. The third-order valence-corrected chi connectivity index (χ3v) is 4.57. The van der Waals surface area contributed by atoms with Crippen LogP contribution in [-0.2, 0) is 22.1 Å². The molecule has 1 fully saturated rings. The van der Waals surface area contributed by atoms with Crippen molar-refractivity contribution >= 4 is 12.1 Å². The molecular weight excluding hydrogens is 443 g/mol. The first-order valence-electron chi connectivity index (χ1n) is 10.3. The fourth-order valence-corrected chi connectivity index (χ4v) is 2.91. The van der Waals surface area contributed by atoms with Crippen LogP contribution in [0.4, 0.5) is 18.0 Å². The van der Waals surface area contributed by atoms with Crippen molar-refractivity contribution in [2.45, 2.75) is 63.8 Å². The van der Waals surface area contributed by atoms with Gasteiger partial charge in [-0.1, -0.05) is 12.1 Å². The predicted molar refractivity (Wildman–Crippen MR) is 110 cm³/mol. The summed E-state index contributed by atoms with van der Waals surface area (Å²) in [6.45, 7) is 4.97. The van der Waals surface area contributed by atoms with Crippen LogP contribution in [0.1, 0.15) is 56.5 Å². The zero-order chi connectivity index (χ0) is 24.4. The fourth-order valence-electron chi connectivity index (χ4n) is 2.91. The van der Waals surface area contributed by atoms with Gasteiger partial charge in [0.2, 0.25) is 0 Å². The van der Waals surface area contributed by atoms with Gasteiger partial charge in [-0.3, -0.25) is 0 Å². The molecule has 1 aromatic carbocycles. The lowest BCUT2D eigenvalue weighted by Gasteiger charge is -2.22. The predicted octanol–water partition coefficient (Wildman–Crippen LogP) is 4.69. The average molecular weight is 467 g/mol. The van der Waals surface area contributed by atoms with Crippen LogP contribution < -0.4 is 10.1 Å². The summed E-state index contributed by atoms with van der Waals surface area (Å²) in [6.07, 6.45) is -3.99. The molecule has 1 heterocycles. The van der Waals surface area contributed by atoms with Crippen LogP contribution in [0, 0.1) is 0 Å². The van der Waals surface area contributed by atoms with Crippen LogP contribution in [0.2, 0.25) is 0 Å². The lowest BCUT2D eigenvalue weighted by Crippen LogP contribution is -2.44. The van der Waals surface area contributed by atoms with E-state index in [0.29, 0.717) is 11.3 Å². The van der Waals surface area contributed by atoms with E-state index in [0.717, 1.165) is 18.9 Å². The number of carbonyl (C=O) groups excluding carboxylic acids is 1. The van der Waals surface area contributed by atoms with E-state index in [1.165, 1.54) is 24.3 Å². The number of benzene rings is 1. The number of rotatable bonds is 7. The van der Waals surface area contributed by atoms with E-state index in [1.807, 2.05) is 0 Å². The molecule has 1 aliphatic carbocycles. The summed E-state index contributed by atoms with van der Waals surface area (Å²) in [6, 6.07) is 5.30. The summed E-state index contributed by atoms with van der Waals surface area (Å²) in [4.78, 5) is 31.0. The number of carbonyl (C=O) groups is 2. The van der Waals surface area contributed by atoms with Crippen molar-refractivity contribution in [1.29, 1.82) is 0 Å². The highest BCUT2D eigenvalue weighted by Crippen LogP contribution is 2.41. The van der Waals surface area contributed by atoms with Gasteiger partial charge in [-0.15, -0.1) is 0 Å². The van der Waals surface area contributed by atoms with Crippen LogP contribution >= 0.6 is 0 Å². The minimum absolute atomic E-state index is 0.0238. The van der Waals surface area contributed by atoms with Crippen molar-refractivity contribution in [3.05, 3.63) is 47.3 Å². The van der Waals surface area contributed by atoms with Gasteiger partial charge in [-0.2, -0.15) is 23.1 Å². The monoisotopic (exact) mass is 467 g/mol. The number of amides is 1. The number of ether oxygens (including phenoxy) is 2. The first-order valence-corrected chi connectivity index (χ1v) is 10.3. The summed E-state index contributed by atoms with van der Waals surface area (Å²) in [7, 11) is 0. The maximum Gasteiger partial charge on any atom is 0.433 e. The fraction of sp³-hybridized carbons (Fsp3) is 0.455. The Balaban J connectivity index is 1.69. The van der Waals surface area contributed by atoms with Gasteiger partial charge in [-0.05, 0) is 57.4 Å². The number of aliphatic carboxylic acids is 1. The van der Waals surface area contributed by atoms with E-state index in [2.05, 4.69) is 15.3 Å². The third kappa shape index (κ3) is 7.33. The Hall–Kier alpha value is -3.37. The molecule has 1 atom stereocenters. The number of hydrogen-bond acceptors (Lipinski definition) is 6. The Kier molecular flexibility index (Phi) is 6.80. The number of halogens is 3. The molecule has 178 valence electrons. The van der Waals surface area contributed by atoms with E-state index in [9.17, 15) is 27.9 Å². The van der Waals surface area contributed by atoms with Crippen LogP contribution in [0.5, 0.6) is 11.8 Å². The Bertz CT molecular complexity index is 1020. The number of nitrogens with zero attached hydrogens (tertiary/aromatic N) is 2. The molecule has 2 N–H and O–H groups in total. The molecule has 8 nitrogen and oxygen atoms in total. The molecule has 0 saturated heterocycles. The van der Waals surface area contributed by atoms with Crippen molar-refractivity contribution in [3.63, 3.8) is 0 Å². The maximum atomic E-state index is 13.2. The van der Waals surface area contributed by atoms with Gasteiger partial charge < -0.3 is 19.9 Å². The summed E-state index contributed by atoms with van der Waals surface area (Å²) in [5.74, 6) is -1.08. The molecule has 1 saturated carbocycles. The molecule has 3 rings (SSSR count). The molecule has 1 unspecified atom stereocenters. The first kappa shape index (κ1) is 24.3. The summed E-state index contributed by atoms with van der Waals surface area (Å²) >= 11 is 0. The normalized spacial score (nSPS) is 15.0. The SMILES string of the molecule is CC(C)(C)OC(=O)NC(Cc1ccc(Oc2nc(C3CC3)cc(C(F)(F)F)n2)cc1)C(=O)O. The molecular formula is C22H24F3N3O5. The standard InChI is InChI=1S/C22H24F3N3O5/c1-21(2,3)33-20(31)27-16(18(29)30)10-12-4-8-14(9-5-12)32-19-26-15(13-6-7-13)11-17(28-19)22(23,24)25/h4-5,8-9,11,13,16H,6-7,10H2,1-3H3,(H,27,31)(H,29,30). The highest BCUT2D eigenvalue weighted by Gasteiger charge is 2.36. The number of alkyl halides is 3. The van der Waals surface area contributed by atoms with Crippen LogP contribution in [0.15, 0.2) is 30.3 Å². The Morgan fingerprint density at radius 1 is 1.15 bits per heavy atom. The quantitative estimate of drug-likeness (QED) is 0.608. The Morgan fingerprint density at radius 3 is 2.30 bits per heavy atom. The number of aromatic nitrogens is 2. The molecule has 1 aromatic heterocycles. The van der Waals surface area contributed by atoms with Crippen LogP contribution in [-0.4, -0.2) is 38.8 Å². The number of hydrogen-bond donors (Lipinski definition) is 2. The molecule has 0 bridgehead atoms. The minimum Gasteiger partial charge on any atom is -0.480 e. The van der Waals surface area contributed by atoms with Gasteiger partial charge in [0.05, 0.1) is 5.69 Å². The van der Waals surface area contributed by atoms with Gasteiger partial charge in [0.25, 0.3) is 0 Å². The number of nitrogens with one attached hydrogen (secondary N) is 1. The van der Waals surface area contributed by atoms with Crippen LogP contribution in [0.25, 0.3) is 0 Å². The second kappa shape index (κ2) is 9.24. The lowest BCUT2D eigenvalue weighted by atomic mass is 10.1. The smallest absolute Gasteiger partial charge is 0.433 e. The minimum atomic E-state index is -4.62. The largest absolute Gasteiger partial charge is 0.480 e. The average Bonchev–Trinajstić information content (AvgIpc) is 3.52. The van der Waals surface area contributed by atoms with E-state index in [1.54, 1.807) is 20.8 Å². The first-order chi connectivity index (χ1) is 15.3. The highest BCUT2D eigenvalue weighted by atomic mass is 19.4. The van der Waals surface area contributed by atoms with Crippen molar-refractivity contribution in [2.75, 3.05) is 0 Å². The lowest BCUT2D eigenvalue weighted by molar-refractivity contribution is -0.141. The van der Waals surface area contributed by atoms with Crippen molar-refractivity contribution in [3.8, 4) is 11.8 Å². The van der Waals surface area contributed by atoms with Gasteiger partial charge >= 0.3 is 24.2 Å². The van der Waals surface area contributed by atoms with Gasteiger partial charge in [0.1, 0.15) is 17.4 Å². The topological polar surface area (TPSA) is 111 Å². The Morgan fingerprint density at radius 2 is 1.79 bits per heavy atom. The molecule has 0 radical (unpaired) electrons. The van der Waals surface area contributed by atoms with Gasteiger partial charge in [0, 0.05) is 12.3 Å². The van der Waals surface area contributed by atoms with Crippen LogP contribution in [0.3, 0.4) is 0 Å². The van der Waals surface area contributed by atoms with Crippen molar-refractivity contribution < 1.29 is 37.3 Å². The van der Waals surface area contributed by atoms with E-state index < -0.39 is 41.6 Å². The zero-order valence-corrected chi connectivity index (χ0v) is 18.3. The zero-order valence-electron chi connectivity index (χ0n) is 18.3. The molecule has 33 heavy (non-hydrogen) atoms. The molecule has 0 spiro atoms. The molecule has 2 aromatic rings. The molecule has 0 aliphatic heterocycles. The van der Waals surface area contributed by atoms with E-state index >= 15 is 0 Å². The second-order valence-electron chi connectivity index (χ2n) is 8.72. The second-order valence-corrected chi connectivity index (χ2v) is 8.72. The number of alkyl carbamates (subject to hydrolysis) is 1. The number of carboxylic acid groups (broad SMARTS) is 1. The third-order valence-electron chi connectivity index (χ3n) is 4.57. The summed E-state index contributed by atoms with van der Waals surface area (Å²) in [5.41, 5.74) is -1.00. The van der Waals surface area contributed by atoms with E-state index in [-0.39, 0.29) is 18.1 Å². The van der Waals surface area contributed by atoms with Gasteiger partial charge in [0.15, 0.2) is 5.69 Å². The van der Waals surface area contributed by atoms with Crippen molar-refractivity contribution in [1.82, 2.24) is 15.3 Å². The molecule has 11 heteroatoms. The van der Waals surface area contributed by atoms with Crippen molar-refractivity contribution in [2.24, 2.45) is 0 Å². The molecule has 1 amide bonds. The van der Waals surface area contributed by atoms with Gasteiger partial charge in [-0.25, -0.2) is 9.59 Å². The summed E-state index contributed by atoms with van der Waals surface area (Å²) < 4.78 is 50.0. The maximum absolute atomic E-state index is 13.2.